The van der Waals surface area contributed by atoms with E-state index < -0.39 is 5.60 Å². The van der Waals surface area contributed by atoms with E-state index >= 15 is 0 Å². The van der Waals surface area contributed by atoms with Gasteiger partial charge in [0.15, 0.2) is 6.29 Å². The molecule has 0 radical (unpaired) electrons. The van der Waals surface area contributed by atoms with Gasteiger partial charge in [-0.25, -0.2) is 0 Å². The van der Waals surface area contributed by atoms with Crippen LogP contribution in [-0.4, -0.2) is 11.9 Å². The smallest absolute Gasteiger partial charge is 0.151 e. The molecule has 0 bridgehead atoms. The number of carbonyl (C=O) groups excluding carboxylic acids is 1. The first-order valence-electron chi connectivity index (χ1n) is 6.93. The molecule has 22 heavy (non-hydrogen) atoms. The van der Waals surface area contributed by atoms with Crippen LogP contribution in [-0.2, 0) is 4.79 Å². The van der Waals surface area contributed by atoms with E-state index in [9.17, 15) is 4.79 Å². The van der Waals surface area contributed by atoms with E-state index in [-0.39, 0.29) is 0 Å². The predicted molar refractivity (Wildman–Crippen MR) is 91.4 cm³/mol. The van der Waals surface area contributed by atoms with E-state index in [4.69, 9.17) is 16.3 Å². The number of benzene rings is 2. The first kappa shape index (κ1) is 15.2. The Morgan fingerprint density at radius 3 is 2.45 bits per heavy atom. The van der Waals surface area contributed by atoms with Crippen molar-refractivity contribution in [3.05, 3.63) is 64.7 Å². The summed E-state index contributed by atoms with van der Waals surface area (Å²) in [6.07, 6.45) is 0.897. The molecule has 0 N–H and O–H groups in total. The molecule has 2 nitrogen and oxygen atoms in total. The molecule has 0 amide bonds. The second-order valence-electron chi connectivity index (χ2n) is 5.53. The molecule has 0 atom stereocenters. The zero-order valence-electron chi connectivity index (χ0n) is 12.3. The number of para-hydroxylation sites is 1. The lowest BCUT2D eigenvalue weighted by Gasteiger charge is -2.34. The van der Waals surface area contributed by atoms with Gasteiger partial charge in [0.2, 0.25) is 0 Å². The van der Waals surface area contributed by atoms with Crippen LogP contribution < -0.4 is 4.74 Å². The maximum absolute atomic E-state index is 11.7. The SMILES string of the molecule is CC1(C)Oc2ccccc2C(Sc2ccc(Cl)cc2)=C1C=O. The van der Waals surface area contributed by atoms with Gasteiger partial charge in [-0.3, -0.25) is 4.79 Å². The summed E-state index contributed by atoms with van der Waals surface area (Å²) in [5.74, 6) is 0.801. The van der Waals surface area contributed by atoms with Crippen LogP contribution in [0.4, 0.5) is 0 Å². The van der Waals surface area contributed by atoms with Gasteiger partial charge < -0.3 is 4.74 Å². The van der Waals surface area contributed by atoms with E-state index in [1.165, 1.54) is 0 Å². The Morgan fingerprint density at radius 1 is 1.09 bits per heavy atom. The molecule has 1 aliphatic rings. The molecule has 1 aliphatic heterocycles. The molecule has 0 saturated carbocycles. The maximum atomic E-state index is 11.7. The van der Waals surface area contributed by atoms with Gasteiger partial charge in [0.25, 0.3) is 0 Å². The molecular weight excluding hydrogens is 316 g/mol. The fraction of sp³-hybridized carbons (Fsp3) is 0.167. The van der Waals surface area contributed by atoms with Gasteiger partial charge in [0, 0.05) is 26.0 Å². The van der Waals surface area contributed by atoms with Crippen LogP contribution in [0.15, 0.2) is 59.0 Å². The molecule has 0 saturated heterocycles. The van der Waals surface area contributed by atoms with Crippen molar-refractivity contribution in [2.45, 2.75) is 24.3 Å². The molecule has 0 aliphatic carbocycles. The van der Waals surface area contributed by atoms with Crippen molar-refractivity contribution in [3.8, 4) is 5.75 Å². The lowest BCUT2D eigenvalue weighted by molar-refractivity contribution is -0.106. The van der Waals surface area contributed by atoms with E-state index in [1.54, 1.807) is 11.8 Å². The molecule has 3 rings (SSSR count). The summed E-state index contributed by atoms with van der Waals surface area (Å²) in [7, 11) is 0. The van der Waals surface area contributed by atoms with E-state index in [2.05, 4.69) is 0 Å². The minimum absolute atomic E-state index is 0.648. The predicted octanol–water partition coefficient (Wildman–Crippen LogP) is 5.21. The third-order valence-electron chi connectivity index (χ3n) is 3.54. The minimum Gasteiger partial charge on any atom is -0.482 e. The van der Waals surface area contributed by atoms with Gasteiger partial charge in [-0.1, -0.05) is 41.6 Å². The summed E-state index contributed by atoms with van der Waals surface area (Å²) in [4.78, 5) is 13.6. The standard InChI is InChI=1S/C18H15ClO2S/c1-18(2)15(11-20)17(14-5-3-4-6-16(14)21-18)22-13-9-7-12(19)8-10-13/h3-11H,1-2H3. The Hall–Kier alpha value is -1.71. The van der Waals surface area contributed by atoms with Gasteiger partial charge in [-0.15, -0.1) is 0 Å². The van der Waals surface area contributed by atoms with Gasteiger partial charge >= 0.3 is 0 Å². The van der Waals surface area contributed by atoms with E-state index in [0.717, 1.165) is 27.4 Å². The highest BCUT2D eigenvalue weighted by Gasteiger charge is 2.35. The van der Waals surface area contributed by atoms with Crippen LogP contribution in [0.3, 0.4) is 0 Å². The Kier molecular flexibility index (Phi) is 4.02. The van der Waals surface area contributed by atoms with Gasteiger partial charge in [0.05, 0.1) is 0 Å². The first-order chi connectivity index (χ1) is 10.5. The normalized spacial score (nSPS) is 16.0. The van der Waals surface area contributed by atoms with Crippen LogP contribution >= 0.6 is 23.4 Å². The molecule has 1 heterocycles. The molecule has 0 unspecified atom stereocenters. The van der Waals surface area contributed by atoms with Gasteiger partial charge in [-0.05, 0) is 44.2 Å². The zero-order valence-corrected chi connectivity index (χ0v) is 13.9. The third kappa shape index (κ3) is 2.79. The molecule has 0 spiro atoms. The number of rotatable bonds is 3. The van der Waals surface area contributed by atoms with Crippen LogP contribution in [0.5, 0.6) is 5.75 Å². The zero-order chi connectivity index (χ0) is 15.7. The van der Waals surface area contributed by atoms with Crippen molar-refractivity contribution in [2.24, 2.45) is 0 Å². The molecule has 2 aromatic rings. The highest BCUT2D eigenvalue weighted by atomic mass is 35.5. The van der Waals surface area contributed by atoms with Gasteiger partial charge in [-0.2, -0.15) is 0 Å². The second kappa shape index (κ2) is 5.82. The van der Waals surface area contributed by atoms with Crippen molar-refractivity contribution in [1.29, 1.82) is 0 Å². The van der Waals surface area contributed by atoms with E-state index in [0.29, 0.717) is 10.6 Å². The summed E-state index contributed by atoms with van der Waals surface area (Å²) in [6.45, 7) is 3.82. The number of carbonyl (C=O) groups is 1. The Labute approximate surface area is 139 Å². The number of ether oxygens (including phenoxy) is 1. The number of hydrogen-bond donors (Lipinski definition) is 0. The molecule has 0 aromatic heterocycles. The van der Waals surface area contributed by atoms with Crippen molar-refractivity contribution in [3.63, 3.8) is 0 Å². The number of hydrogen-bond acceptors (Lipinski definition) is 3. The molecule has 2 aromatic carbocycles. The summed E-state index contributed by atoms with van der Waals surface area (Å²) in [5.41, 5.74) is 0.959. The van der Waals surface area contributed by atoms with E-state index in [1.807, 2.05) is 62.4 Å². The van der Waals surface area contributed by atoms with Crippen LogP contribution in [0.2, 0.25) is 5.02 Å². The average molecular weight is 331 g/mol. The van der Waals surface area contributed by atoms with Crippen molar-refractivity contribution in [1.82, 2.24) is 0 Å². The van der Waals surface area contributed by atoms with Crippen LogP contribution in [0, 0.1) is 0 Å². The highest BCUT2D eigenvalue weighted by molar-refractivity contribution is 8.08. The Bertz CT molecular complexity index is 748. The minimum atomic E-state index is -0.648. The summed E-state index contributed by atoms with van der Waals surface area (Å²) in [6, 6.07) is 15.4. The monoisotopic (exact) mass is 330 g/mol. The average Bonchev–Trinajstić information content (AvgIpc) is 2.48. The summed E-state index contributed by atoms with van der Waals surface area (Å²) in [5, 5.41) is 0.696. The quantitative estimate of drug-likeness (QED) is 0.722. The summed E-state index contributed by atoms with van der Waals surface area (Å²) >= 11 is 7.50. The van der Waals surface area contributed by atoms with Crippen LogP contribution in [0.1, 0.15) is 19.4 Å². The highest BCUT2D eigenvalue weighted by Crippen LogP contribution is 2.47. The van der Waals surface area contributed by atoms with Crippen molar-refractivity contribution < 1.29 is 9.53 Å². The molecule has 4 heteroatoms. The molecular formula is C18H15ClO2S. The number of aldehydes is 1. The summed E-state index contributed by atoms with van der Waals surface area (Å²) < 4.78 is 5.99. The third-order valence-corrected chi connectivity index (χ3v) is 4.95. The van der Waals surface area contributed by atoms with Crippen molar-refractivity contribution in [2.75, 3.05) is 0 Å². The number of halogens is 1. The second-order valence-corrected chi connectivity index (χ2v) is 7.05. The molecule has 0 fully saturated rings. The van der Waals surface area contributed by atoms with Crippen LogP contribution in [0.25, 0.3) is 4.91 Å². The Balaban J connectivity index is 2.12. The maximum Gasteiger partial charge on any atom is 0.151 e. The molecule has 112 valence electrons. The number of fused-ring (bicyclic) bond motifs is 1. The largest absolute Gasteiger partial charge is 0.482 e. The van der Waals surface area contributed by atoms with Crippen molar-refractivity contribution >= 4 is 34.6 Å². The van der Waals surface area contributed by atoms with Gasteiger partial charge in [0.1, 0.15) is 11.4 Å². The lowest BCUT2D eigenvalue weighted by Crippen LogP contribution is -2.35. The number of thioether (sulfide) groups is 1. The first-order valence-corrected chi connectivity index (χ1v) is 8.12. The fourth-order valence-electron chi connectivity index (χ4n) is 2.42. The Morgan fingerprint density at radius 2 is 1.77 bits per heavy atom. The fourth-order valence-corrected chi connectivity index (χ4v) is 3.73. The lowest BCUT2D eigenvalue weighted by atomic mass is 9.93. The topological polar surface area (TPSA) is 26.3 Å².